The molecule has 2 aromatic rings. The Morgan fingerprint density at radius 1 is 0.935 bits per heavy atom. The van der Waals surface area contributed by atoms with E-state index in [-0.39, 0.29) is 12.0 Å². The standard InChI is InChI=1S/C21H20F4N2O4/c1-12(28)26-17(10-14-5-3-7-16(22)9-14)19(29)27-18(20(30)31)11-13-4-2-6-15(8-13)21(23,24)25/h2-9,17-18H,10-11H2,1H3,(H,26,28)(H,27,29)(H,30,31)/t17-,18-/m1/s1. The zero-order valence-electron chi connectivity index (χ0n) is 16.4. The maximum atomic E-state index is 13.4. The minimum Gasteiger partial charge on any atom is -0.480 e. The molecule has 0 radical (unpaired) electrons. The fourth-order valence-electron chi connectivity index (χ4n) is 2.94. The van der Waals surface area contributed by atoms with Gasteiger partial charge in [-0.3, -0.25) is 9.59 Å². The molecule has 10 heteroatoms. The molecule has 2 aromatic carbocycles. The highest BCUT2D eigenvalue weighted by Gasteiger charge is 2.31. The van der Waals surface area contributed by atoms with Crippen LogP contribution in [0.2, 0.25) is 0 Å². The molecule has 0 spiro atoms. The molecule has 0 aliphatic heterocycles. The van der Waals surface area contributed by atoms with Crippen LogP contribution >= 0.6 is 0 Å². The molecule has 2 amide bonds. The first-order chi connectivity index (χ1) is 14.5. The summed E-state index contributed by atoms with van der Waals surface area (Å²) in [6.45, 7) is 1.16. The van der Waals surface area contributed by atoms with Gasteiger partial charge in [0.1, 0.15) is 17.9 Å². The number of carboxylic acid groups (broad SMARTS) is 1. The Morgan fingerprint density at radius 3 is 2.06 bits per heavy atom. The van der Waals surface area contributed by atoms with E-state index in [1.54, 1.807) is 0 Å². The van der Waals surface area contributed by atoms with Crippen LogP contribution in [0.15, 0.2) is 48.5 Å². The highest BCUT2D eigenvalue weighted by atomic mass is 19.4. The van der Waals surface area contributed by atoms with E-state index in [2.05, 4.69) is 10.6 Å². The topological polar surface area (TPSA) is 95.5 Å². The second-order valence-electron chi connectivity index (χ2n) is 6.89. The van der Waals surface area contributed by atoms with Crippen LogP contribution in [0, 0.1) is 5.82 Å². The smallest absolute Gasteiger partial charge is 0.416 e. The molecule has 0 fully saturated rings. The van der Waals surface area contributed by atoms with Gasteiger partial charge in [0.05, 0.1) is 5.56 Å². The van der Waals surface area contributed by atoms with Crippen molar-refractivity contribution in [2.75, 3.05) is 0 Å². The van der Waals surface area contributed by atoms with Crippen LogP contribution in [0.25, 0.3) is 0 Å². The average Bonchev–Trinajstić information content (AvgIpc) is 2.66. The lowest BCUT2D eigenvalue weighted by atomic mass is 10.0. The van der Waals surface area contributed by atoms with Crippen molar-refractivity contribution in [3.8, 4) is 0 Å². The number of amides is 2. The molecule has 0 heterocycles. The largest absolute Gasteiger partial charge is 0.480 e. The SMILES string of the molecule is CC(=O)N[C@H](Cc1cccc(F)c1)C(=O)N[C@H](Cc1cccc(C(F)(F)F)c1)C(=O)O. The van der Waals surface area contributed by atoms with Gasteiger partial charge in [0.15, 0.2) is 0 Å². The molecule has 2 atom stereocenters. The third kappa shape index (κ3) is 7.40. The van der Waals surface area contributed by atoms with Crippen LogP contribution in [-0.2, 0) is 33.4 Å². The first kappa shape index (κ1) is 23.8. The fourth-order valence-corrected chi connectivity index (χ4v) is 2.94. The maximum Gasteiger partial charge on any atom is 0.416 e. The molecule has 0 aliphatic rings. The van der Waals surface area contributed by atoms with Crippen molar-refractivity contribution < 1.29 is 37.1 Å². The second kappa shape index (κ2) is 10.1. The van der Waals surface area contributed by atoms with E-state index in [0.29, 0.717) is 5.56 Å². The van der Waals surface area contributed by atoms with Gasteiger partial charge in [0.25, 0.3) is 0 Å². The summed E-state index contributed by atoms with van der Waals surface area (Å²) in [6, 6.07) is 6.68. The van der Waals surface area contributed by atoms with Crippen LogP contribution in [0.5, 0.6) is 0 Å². The highest BCUT2D eigenvalue weighted by molar-refractivity contribution is 5.90. The summed E-state index contributed by atoms with van der Waals surface area (Å²) >= 11 is 0. The number of carboxylic acids is 1. The summed E-state index contributed by atoms with van der Waals surface area (Å²) in [5.74, 6) is -3.44. The van der Waals surface area contributed by atoms with Gasteiger partial charge in [0.2, 0.25) is 11.8 Å². The average molecular weight is 440 g/mol. The number of hydrogen-bond acceptors (Lipinski definition) is 3. The number of carbonyl (C=O) groups is 3. The van der Waals surface area contributed by atoms with Crippen molar-refractivity contribution in [2.24, 2.45) is 0 Å². The third-order valence-corrected chi connectivity index (χ3v) is 4.33. The van der Waals surface area contributed by atoms with Crippen molar-refractivity contribution >= 4 is 17.8 Å². The highest BCUT2D eigenvalue weighted by Crippen LogP contribution is 2.29. The first-order valence-corrected chi connectivity index (χ1v) is 9.16. The molecule has 3 N–H and O–H groups in total. The normalized spacial score (nSPS) is 13.2. The number of carbonyl (C=O) groups excluding carboxylic acids is 2. The van der Waals surface area contributed by atoms with Crippen molar-refractivity contribution in [1.29, 1.82) is 0 Å². The minimum absolute atomic E-state index is 0.0590. The van der Waals surface area contributed by atoms with E-state index in [1.807, 2.05) is 0 Å². The molecule has 2 rings (SSSR count). The van der Waals surface area contributed by atoms with Crippen molar-refractivity contribution in [1.82, 2.24) is 10.6 Å². The number of alkyl halides is 3. The van der Waals surface area contributed by atoms with Gasteiger partial charge in [-0.25, -0.2) is 9.18 Å². The van der Waals surface area contributed by atoms with Gasteiger partial charge >= 0.3 is 12.1 Å². The van der Waals surface area contributed by atoms with Gasteiger partial charge < -0.3 is 15.7 Å². The predicted molar refractivity (Wildman–Crippen MR) is 102 cm³/mol. The summed E-state index contributed by atoms with van der Waals surface area (Å²) in [5, 5.41) is 14.0. The summed E-state index contributed by atoms with van der Waals surface area (Å²) < 4.78 is 52.1. The second-order valence-corrected chi connectivity index (χ2v) is 6.89. The van der Waals surface area contributed by atoms with E-state index >= 15 is 0 Å². The number of aliphatic carboxylic acids is 1. The van der Waals surface area contributed by atoms with Crippen LogP contribution in [0.3, 0.4) is 0 Å². The Labute approximate surface area is 175 Å². The number of nitrogens with one attached hydrogen (secondary N) is 2. The van der Waals surface area contributed by atoms with Crippen molar-refractivity contribution in [3.05, 3.63) is 71.0 Å². The first-order valence-electron chi connectivity index (χ1n) is 9.16. The van der Waals surface area contributed by atoms with Crippen molar-refractivity contribution in [2.45, 2.75) is 38.0 Å². The van der Waals surface area contributed by atoms with Crippen molar-refractivity contribution in [3.63, 3.8) is 0 Å². The van der Waals surface area contributed by atoms with E-state index in [9.17, 15) is 37.1 Å². The quantitative estimate of drug-likeness (QED) is 0.550. The lowest BCUT2D eigenvalue weighted by molar-refractivity contribution is -0.142. The van der Waals surface area contributed by atoms with E-state index in [4.69, 9.17) is 0 Å². The lowest BCUT2D eigenvalue weighted by Gasteiger charge is -2.21. The Bertz CT molecular complexity index is 962. The van der Waals surface area contributed by atoms with E-state index in [1.165, 1.54) is 30.3 Å². The molecule has 0 saturated carbocycles. The molecule has 0 bridgehead atoms. The maximum absolute atomic E-state index is 13.4. The summed E-state index contributed by atoms with van der Waals surface area (Å²) in [7, 11) is 0. The number of halogens is 4. The molecule has 0 aliphatic carbocycles. The fraction of sp³-hybridized carbons (Fsp3) is 0.286. The summed E-state index contributed by atoms with van der Waals surface area (Å²) in [4.78, 5) is 35.7. The van der Waals surface area contributed by atoms with Crippen LogP contribution in [0.1, 0.15) is 23.6 Å². The van der Waals surface area contributed by atoms with Gasteiger partial charge in [-0.15, -0.1) is 0 Å². The molecular weight excluding hydrogens is 420 g/mol. The monoisotopic (exact) mass is 440 g/mol. The zero-order valence-corrected chi connectivity index (χ0v) is 16.4. The van der Waals surface area contributed by atoms with Gasteiger partial charge in [-0.2, -0.15) is 13.2 Å². The van der Waals surface area contributed by atoms with Gasteiger partial charge in [-0.05, 0) is 29.3 Å². The Kier molecular flexibility index (Phi) is 7.73. The van der Waals surface area contributed by atoms with Crippen LogP contribution < -0.4 is 10.6 Å². The molecule has 0 unspecified atom stereocenters. The third-order valence-electron chi connectivity index (χ3n) is 4.33. The Hall–Kier alpha value is -3.43. The number of rotatable bonds is 8. The van der Waals surface area contributed by atoms with Gasteiger partial charge in [-0.1, -0.05) is 30.3 Å². The van der Waals surface area contributed by atoms with E-state index < -0.39 is 53.8 Å². The van der Waals surface area contributed by atoms with E-state index in [0.717, 1.165) is 25.1 Å². The Morgan fingerprint density at radius 2 is 1.52 bits per heavy atom. The lowest BCUT2D eigenvalue weighted by Crippen LogP contribution is -2.52. The summed E-state index contributed by atoms with van der Waals surface area (Å²) in [6.07, 6.45) is -5.11. The van der Waals surface area contributed by atoms with Gasteiger partial charge in [0, 0.05) is 19.8 Å². The molecule has 6 nitrogen and oxygen atoms in total. The molecule has 0 saturated heterocycles. The molecule has 31 heavy (non-hydrogen) atoms. The summed E-state index contributed by atoms with van der Waals surface area (Å²) in [5.41, 5.74) is -0.495. The zero-order chi connectivity index (χ0) is 23.2. The number of benzene rings is 2. The van der Waals surface area contributed by atoms with Crippen LogP contribution in [0.4, 0.5) is 17.6 Å². The Balaban J connectivity index is 2.18. The molecular formula is C21H20F4N2O4. The molecule has 0 aromatic heterocycles. The predicted octanol–water partition coefficient (Wildman–Crippen LogP) is 2.70. The van der Waals surface area contributed by atoms with Crippen LogP contribution in [-0.4, -0.2) is 35.0 Å². The molecule has 166 valence electrons. The minimum atomic E-state index is -4.60. The number of hydrogen-bond donors (Lipinski definition) is 3.